The van der Waals surface area contributed by atoms with Crippen LogP contribution in [0.15, 0.2) is 0 Å². The summed E-state index contributed by atoms with van der Waals surface area (Å²) in [6.07, 6.45) is 2.98. The minimum Gasteiger partial charge on any atom is -0.341 e. The van der Waals surface area contributed by atoms with E-state index in [1.807, 2.05) is 4.90 Å². The molecule has 1 aliphatic carbocycles. The summed E-state index contributed by atoms with van der Waals surface area (Å²) in [5.74, 6) is 0.601. The molecule has 1 aliphatic heterocycles. The fourth-order valence-corrected chi connectivity index (χ4v) is 1.79. The monoisotopic (exact) mass is 183 g/mol. The van der Waals surface area contributed by atoms with Crippen LogP contribution in [-0.4, -0.2) is 36.0 Å². The van der Waals surface area contributed by atoms with Crippen LogP contribution in [0.4, 0.5) is 0 Å². The average Bonchev–Trinajstić information content (AvgIpc) is 2.91. The van der Waals surface area contributed by atoms with Crippen molar-refractivity contribution in [1.82, 2.24) is 4.90 Å². The molecule has 1 amide bonds. The lowest BCUT2D eigenvalue weighted by Crippen LogP contribution is -2.56. The Bertz CT molecular complexity index is 215. The van der Waals surface area contributed by atoms with Crippen LogP contribution in [0.5, 0.6) is 0 Å². The predicted octanol–water partition coefficient (Wildman–Crippen LogP) is -0.717. The van der Waals surface area contributed by atoms with E-state index >= 15 is 0 Å². The van der Waals surface area contributed by atoms with Gasteiger partial charge in [0.15, 0.2) is 0 Å². The van der Waals surface area contributed by atoms with Crippen molar-refractivity contribution in [1.29, 1.82) is 0 Å². The summed E-state index contributed by atoms with van der Waals surface area (Å²) in [5, 5.41) is 0. The van der Waals surface area contributed by atoms with Crippen LogP contribution < -0.4 is 11.5 Å². The van der Waals surface area contributed by atoms with Crippen LogP contribution in [0, 0.1) is 5.92 Å². The van der Waals surface area contributed by atoms with Crippen molar-refractivity contribution in [2.45, 2.75) is 31.3 Å². The van der Waals surface area contributed by atoms with Gasteiger partial charge in [-0.1, -0.05) is 0 Å². The van der Waals surface area contributed by atoms with Crippen LogP contribution in [-0.2, 0) is 4.79 Å². The third-order valence-electron chi connectivity index (χ3n) is 2.95. The van der Waals surface area contributed by atoms with Crippen LogP contribution in [0.2, 0.25) is 0 Å². The first-order valence-corrected chi connectivity index (χ1v) is 4.98. The van der Waals surface area contributed by atoms with Gasteiger partial charge < -0.3 is 16.4 Å². The Balaban J connectivity index is 1.90. The van der Waals surface area contributed by atoms with Gasteiger partial charge in [0.1, 0.15) is 0 Å². The van der Waals surface area contributed by atoms with E-state index in [0.29, 0.717) is 18.4 Å². The Kier molecular flexibility index (Phi) is 2.26. The Hall–Kier alpha value is -0.610. The molecule has 13 heavy (non-hydrogen) atoms. The molecule has 0 radical (unpaired) electrons. The van der Waals surface area contributed by atoms with Gasteiger partial charge in [-0.25, -0.2) is 0 Å². The Morgan fingerprint density at radius 1 is 1.15 bits per heavy atom. The highest BCUT2D eigenvalue weighted by Gasteiger charge is 2.36. The van der Waals surface area contributed by atoms with Gasteiger partial charge in [-0.05, 0) is 19.3 Å². The minimum absolute atomic E-state index is 0.0311. The van der Waals surface area contributed by atoms with Gasteiger partial charge in [0, 0.05) is 31.1 Å². The quantitative estimate of drug-likeness (QED) is 0.563. The van der Waals surface area contributed by atoms with Gasteiger partial charge in [0.05, 0.1) is 0 Å². The maximum Gasteiger partial charge on any atom is 0.225 e. The molecule has 4 nitrogen and oxygen atoms in total. The number of hydrogen-bond donors (Lipinski definition) is 2. The number of nitrogens with two attached hydrogens (primary N) is 2. The smallest absolute Gasteiger partial charge is 0.225 e. The Morgan fingerprint density at radius 2 is 1.85 bits per heavy atom. The number of hydrogen-bond acceptors (Lipinski definition) is 3. The van der Waals surface area contributed by atoms with Crippen molar-refractivity contribution in [3.8, 4) is 0 Å². The number of piperidine rings is 1. The number of carbonyl (C=O) groups is 1. The number of amides is 1. The predicted molar refractivity (Wildman–Crippen MR) is 49.9 cm³/mol. The molecular weight excluding hydrogens is 166 g/mol. The second-order valence-electron chi connectivity index (χ2n) is 4.17. The Morgan fingerprint density at radius 3 is 2.38 bits per heavy atom. The third kappa shape index (κ3) is 1.84. The molecule has 4 heteroatoms. The molecule has 0 spiro atoms. The summed E-state index contributed by atoms with van der Waals surface area (Å²) in [4.78, 5) is 13.5. The molecule has 2 atom stereocenters. The number of carbonyl (C=O) groups excluding carboxylic acids is 1. The van der Waals surface area contributed by atoms with Crippen molar-refractivity contribution < 1.29 is 4.79 Å². The largest absolute Gasteiger partial charge is 0.341 e. The minimum atomic E-state index is -0.0311. The lowest BCUT2D eigenvalue weighted by atomic mass is 10.0. The van der Waals surface area contributed by atoms with Crippen LogP contribution in [0.25, 0.3) is 0 Å². The highest BCUT2D eigenvalue weighted by Crippen LogP contribution is 2.31. The molecule has 1 saturated carbocycles. The van der Waals surface area contributed by atoms with E-state index in [2.05, 4.69) is 0 Å². The first-order chi connectivity index (χ1) is 6.18. The van der Waals surface area contributed by atoms with Gasteiger partial charge in [-0.15, -0.1) is 0 Å². The van der Waals surface area contributed by atoms with E-state index in [9.17, 15) is 4.79 Å². The highest BCUT2D eigenvalue weighted by molar-refractivity contribution is 5.81. The van der Waals surface area contributed by atoms with Gasteiger partial charge in [0.2, 0.25) is 5.91 Å². The molecular formula is C9H17N3O. The summed E-state index contributed by atoms with van der Waals surface area (Å²) < 4.78 is 0. The zero-order valence-corrected chi connectivity index (χ0v) is 7.78. The summed E-state index contributed by atoms with van der Waals surface area (Å²) in [7, 11) is 0. The lowest BCUT2D eigenvalue weighted by molar-refractivity contribution is -0.133. The third-order valence-corrected chi connectivity index (χ3v) is 2.95. The number of nitrogens with zero attached hydrogens (tertiary/aromatic N) is 1. The maximum absolute atomic E-state index is 11.6. The second-order valence-corrected chi connectivity index (χ2v) is 4.17. The standard InChI is InChI=1S/C9H17N3O/c10-7-3-4-12(5-8(7)11)9(13)6-1-2-6/h6-8H,1-5,10-11H2. The first kappa shape index (κ1) is 8.97. The molecule has 0 aromatic heterocycles. The second kappa shape index (κ2) is 3.27. The van der Waals surface area contributed by atoms with Crippen molar-refractivity contribution in [3.63, 3.8) is 0 Å². The zero-order chi connectivity index (χ0) is 9.42. The van der Waals surface area contributed by atoms with E-state index in [-0.39, 0.29) is 12.1 Å². The highest BCUT2D eigenvalue weighted by atomic mass is 16.2. The summed E-state index contributed by atoms with van der Waals surface area (Å²) in [6, 6.07) is 0.0414. The van der Waals surface area contributed by atoms with Crippen molar-refractivity contribution in [3.05, 3.63) is 0 Å². The van der Waals surface area contributed by atoms with E-state index in [1.54, 1.807) is 0 Å². The van der Waals surface area contributed by atoms with Gasteiger partial charge >= 0.3 is 0 Å². The van der Waals surface area contributed by atoms with E-state index < -0.39 is 0 Å². The molecule has 2 unspecified atom stereocenters. The van der Waals surface area contributed by atoms with E-state index in [1.165, 1.54) is 0 Å². The summed E-state index contributed by atoms with van der Waals surface area (Å²) in [6.45, 7) is 1.45. The topological polar surface area (TPSA) is 72.3 Å². The molecule has 1 saturated heterocycles. The zero-order valence-electron chi connectivity index (χ0n) is 7.78. The average molecular weight is 183 g/mol. The van der Waals surface area contributed by atoms with Crippen LogP contribution in [0.1, 0.15) is 19.3 Å². The molecule has 0 aromatic carbocycles. The normalized spacial score (nSPS) is 34.8. The summed E-state index contributed by atoms with van der Waals surface area (Å²) in [5.41, 5.74) is 11.6. The summed E-state index contributed by atoms with van der Waals surface area (Å²) >= 11 is 0. The van der Waals surface area contributed by atoms with Crippen molar-refractivity contribution in [2.75, 3.05) is 13.1 Å². The lowest BCUT2D eigenvalue weighted by Gasteiger charge is -2.34. The van der Waals surface area contributed by atoms with Gasteiger partial charge in [0.25, 0.3) is 0 Å². The maximum atomic E-state index is 11.6. The SMILES string of the molecule is NC1CCN(C(=O)C2CC2)CC1N. The molecule has 74 valence electrons. The van der Waals surface area contributed by atoms with Gasteiger partial charge in [-0.3, -0.25) is 4.79 Å². The molecule has 0 bridgehead atoms. The van der Waals surface area contributed by atoms with Gasteiger partial charge in [-0.2, -0.15) is 0 Å². The van der Waals surface area contributed by atoms with E-state index in [4.69, 9.17) is 11.5 Å². The molecule has 2 fully saturated rings. The number of rotatable bonds is 1. The fourth-order valence-electron chi connectivity index (χ4n) is 1.79. The Labute approximate surface area is 78.2 Å². The first-order valence-electron chi connectivity index (χ1n) is 4.98. The van der Waals surface area contributed by atoms with E-state index in [0.717, 1.165) is 25.8 Å². The van der Waals surface area contributed by atoms with Crippen molar-refractivity contribution in [2.24, 2.45) is 17.4 Å². The number of likely N-dealkylation sites (tertiary alicyclic amines) is 1. The molecule has 2 rings (SSSR count). The van der Waals surface area contributed by atoms with Crippen molar-refractivity contribution >= 4 is 5.91 Å². The molecule has 2 aliphatic rings. The molecule has 4 N–H and O–H groups in total. The molecule has 1 heterocycles. The molecule has 0 aromatic rings. The van der Waals surface area contributed by atoms with Crippen LogP contribution >= 0.6 is 0 Å². The fraction of sp³-hybridized carbons (Fsp3) is 0.889. The van der Waals surface area contributed by atoms with Crippen LogP contribution in [0.3, 0.4) is 0 Å².